The normalized spacial score (nSPS) is 20.9. The van der Waals surface area contributed by atoms with E-state index in [9.17, 15) is 4.79 Å². The predicted octanol–water partition coefficient (Wildman–Crippen LogP) is 2.24. The summed E-state index contributed by atoms with van der Waals surface area (Å²) in [5.74, 6) is 0.901. The Balaban J connectivity index is 1.80. The number of hydrogen-bond acceptors (Lipinski definition) is 3. The Bertz CT molecular complexity index is 310. The van der Waals surface area contributed by atoms with E-state index in [1.54, 1.807) is 11.8 Å². The van der Waals surface area contributed by atoms with Gasteiger partial charge in [-0.2, -0.15) is 0 Å². The fraction of sp³-hybridized carbons (Fsp3) is 0.364. The number of rotatable bonds is 3. The van der Waals surface area contributed by atoms with Gasteiger partial charge in [0.25, 0.3) is 0 Å². The molecule has 74 valence electrons. The van der Waals surface area contributed by atoms with Gasteiger partial charge in [0.1, 0.15) is 6.61 Å². The fourth-order valence-electron chi connectivity index (χ4n) is 1.38. The molecule has 1 fully saturated rings. The highest BCUT2D eigenvalue weighted by Crippen LogP contribution is 2.24. The van der Waals surface area contributed by atoms with Gasteiger partial charge >= 0.3 is 5.97 Å². The van der Waals surface area contributed by atoms with Crippen molar-refractivity contribution in [1.82, 2.24) is 0 Å². The quantitative estimate of drug-likeness (QED) is 0.712. The molecule has 3 heteroatoms. The van der Waals surface area contributed by atoms with Gasteiger partial charge in [-0.25, -0.2) is 0 Å². The van der Waals surface area contributed by atoms with Crippen LogP contribution in [0.4, 0.5) is 0 Å². The summed E-state index contributed by atoms with van der Waals surface area (Å²) < 4.78 is 4.89. The van der Waals surface area contributed by atoms with Crippen molar-refractivity contribution in [3.05, 3.63) is 35.9 Å². The van der Waals surface area contributed by atoms with Crippen molar-refractivity contribution >= 4 is 17.7 Å². The zero-order chi connectivity index (χ0) is 9.80. The van der Waals surface area contributed by atoms with Crippen molar-refractivity contribution in [3.63, 3.8) is 0 Å². The van der Waals surface area contributed by atoms with Crippen LogP contribution in [0.1, 0.15) is 12.0 Å². The van der Waals surface area contributed by atoms with Crippen LogP contribution >= 0.6 is 11.8 Å². The molecule has 0 unspecified atom stereocenters. The van der Waals surface area contributed by atoms with Gasteiger partial charge in [-0.1, -0.05) is 30.3 Å². The van der Waals surface area contributed by atoms with Crippen LogP contribution in [-0.4, -0.2) is 17.8 Å². The molecular formula is C11H12O2S. The number of thioether (sulfide) groups is 1. The maximum atomic E-state index is 10.8. The topological polar surface area (TPSA) is 26.3 Å². The Morgan fingerprint density at radius 2 is 2.14 bits per heavy atom. The van der Waals surface area contributed by atoms with E-state index >= 15 is 0 Å². The number of benzene rings is 1. The first kappa shape index (κ1) is 9.59. The first-order valence-corrected chi connectivity index (χ1v) is 5.70. The van der Waals surface area contributed by atoms with Gasteiger partial charge in [0.05, 0.1) is 6.42 Å². The van der Waals surface area contributed by atoms with Crippen molar-refractivity contribution < 1.29 is 9.53 Å². The van der Waals surface area contributed by atoms with Crippen LogP contribution in [0.25, 0.3) is 0 Å². The highest BCUT2D eigenvalue weighted by molar-refractivity contribution is 7.99. The molecule has 0 aromatic heterocycles. The third-order valence-electron chi connectivity index (χ3n) is 2.15. The summed E-state index contributed by atoms with van der Waals surface area (Å²) in [5, 5.41) is 0.350. The van der Waals surface area contributed by atoms with Gasteiger partial charge < -0.3 is 4.74 Å². The van der Waals surface area contributed by atoms with Crippen LogP contribution in [0.2, 0.25) is 0 Å². The summed E-state index contributed by atoms with van der Waals surface area (Å²) in [4.78, 5) is 10.8. The molecule has 1 aliphatic heterocycles. The first-order chi connectivity index (χ1) is 6.84. The van der Waals surface area contributed by atoms with Crippen LogP contribution in [0.5, 0.6) is 0 Å². The van der Waals surface area contributed by atoms with Gasteiger partial charge in [-0.15, -0.1) is 11.8 Å². The van der Waals surface area contributed by atoms with Crippen LogP contribution in [0, 0.1) is 0 Å². The molecule has 0 spiro atoms. The average molecular weight is 208 g/mol. The number of carbonyl (C=O) groups is 1. The first-order valence-electron chi connectivity index (χ1n) is 4.66. The lowest BCUT2D eigenvalue weighted by molar-refractivity contribution is -0.137. The van der Waals surface area contributed by atoms with E-state index in [1.165, 1.54) is 5.56 Å². The lowest BCUT2D eigenvalue weighted by atomic mass is 10.2. The minimum atomic E-state index is -0.0597. The molecule has 1 aromatic rings. The number of esters is 1. The van der Waals surface area contributed by atoms with E-state index < -0.39 is 0 Å². The van der Waals surface area contributed by atoms with Crippen molar-refractivity contribution in [2.24, 2.45) is 0 Å². The van der Waals surface area contributed by atoms with E-state index in [0.29, 0.717) is 18.3 Å². The van der Waals surface area contributed by atoms with E-state index in [4.69, 9.17) is 4.74 Å². The second-order valence-electron chi connectivity index (χ2n) is 3.31. The molecule has 2 rings (SSSR count). The van der Waals surface area contributed by atoms with E-state index in [0.717, 1.165) is 5.75 Å². The molecule has 1 aromatic carbocycles. The van der Waals surface area contributed by atoms with Crippen LogP contribution in [0.3, 0.4) is 0 Å². The molecule has 0 saturated carbocycles. The molecular weight excluding hydrogens is 196 g/mol. The van der Waals surface area contributed by atoms with Crippen molar-refractivity contribution in [3.8, 4) is 0 Å². The number of cyclic esters (lactones) is 1. The Kier molecular flexibility index (Phi) is 3.09. The Morgan fingerprint density at radius 1 is 1.36 bits per heavy atom. The Hall–Kier alpha value is -0.960. The standard InChI is InChI=1S/C11H12O2S/c12-11-6-10(7-13-11)14-8-9-4-2-1-3-5-9/h1-5,10H,6-8H2/t10-/m1/s1. The molecule has 0 aliphatic carbocycles. The zero-order valence-electron chi connectivity index (χ0n) is 7.81. The summed E-state index contributed by atoms with van der Waals surface area (Å²) in [6.07, 6.45) is 0.567. The minimum Gasteiger partial charge on any atom is -0.464 e. The average Bonchev–Trinajstić information content (AvgIpc) is 2.63. The molecule has 1 saturated heterocycles. The third-order valence-corrected chi connectivity index (χ3v) is 3.43. The second kappa shape index (κ2) is 4.51. The molecule has 0 N–H and O–H groups in total. The zero-order valence-corrected chi connectivity index (χ0v) is 8.63. The molecule has 0 amide bonds. The lowest BCUT2D eigenvalue weighted by Gasteiger charge is -2.05. The third kappa shape index (κ3) is 2.51. The predicted molar refractivity (Wildman–Crippen MR) is 57.1 cm³/mol. The number of ether oxygens (including phenoxy) is 1. The van der Waals surface area contributed by atoms with Gasteiger partial charge in [-0.05, 0) is 5.56 Å². The summed E-state index contributed by atoms with van der Waals surface area (Å²) in [6, 6.07) is 10.3. The van der Waals surface area contributed by atoms with Crippen LogP contribution in [0.15, 0.2) is 30.3 Å². The maximum Gasteiger partial charge on any atom is 0.307 e. The van der Waals surface area contributed by atoms with E-state index in [1.807, 2.05) is 18.2 Å². The molecule has 1 atom stereocenters. The summed E-state index contributed by atoms with van der Waals surface area (Å²) in [5.41, 5.74) is 1.30. The summed E-state index contributed by atoms with van der Waals surface area (Å²) >= 11 is 1.80. The van der Waals surface area contributed by atoms with Gasteiger partial charge in [0.15, 0.2) is 0 Å². The summed E-state index contributed by atoms with van der Waals surface area (Å²) in [6.45, 7) is 0.580. The highest BCUT2D eigenvalue weighted by atomic mass is 32.2. The monoisotopic (exact) mass is 208 g/mol. The fourth-order valence-corrected chi connectivity index (χ4v) is 2.42. The Labute approximate surface area is 87.6 Å². The molecule has 1 heterocycles. The van der Waals surface area contributed by atoms with Gasteiger partial charge in [0.2, 0.25) is 0 Å². The maximum absolute atomic E-state index is 10.8. The molecule has 0 bridgehead atoms. The van der Waals surface area contributed by atoms with Crippen LogP contribution in [-0.2, 0) is 15.3 Å². The SMILES string of the molecule is O=C1C[C@@H](SCc2ccccc2)CO1. The molecule has 0 radical (unpaired) electrons. The number of carbonyl (C=O) groups excluding carboxylic acids is 1. The second-order valence-corrected chi connectivity index (χ2v) is 4.59. The van der Waals surface area contributed by atoms with Crippen LogP contribution < -0.4 is 0 Å². The molecule has 1 aliphatic rings. The van der Waals surface area contributed by atoms with Gasteiger partial charge in [-0.3, -0.25) is 4.79 Å². The van der Waals surface area contributed by atoms with E-state index in [-0.39, 0.29) is 5.97 Å². The summed E-state index contributed by atoms with van der Waals surface area (Å²) in [7, 11) is 0. The van der Waals surface area contributed by atoms with Crippen molar-refractivity contribution in [1.29, 1.82) is 0 Å². The number of hydrogen-bond donors (Lipinski definition) is 0. The van der Waals surface area contributed by atoms with E-state index in [2.05, 4.69) is 12.1 Å². The Morgan fingerprint density at radius 3 is 2.79 bits per heavy atom. The van der Waals surface area contributed by atoms with Crippen molar-refractivity contribution in [2.45, 2.75) is 17.4 Å². The minimum absolute atomic E-state index is 0.0597. The largest absolute Gasteiger partial charge is 0.464 e. The lowest BCUT2D eigenvalue weighted by Crippen LogP contribution is -2.01. The van der Waals surface area contributed by atoms with Gasteiger partial charge in [0, 0.05) is 11.0 Å². The van der Waals surface area contributed by atoms with Crippen molar-refractivity contribution in [2.75, 3.05) is 6.61 Å². The molecule has 2 nitrogen and oxygen atoms in total. The molecule has 14 heavy (non-hydrogen) atoms. The smallest absolute Gasteiger partial charge is 0.307 e. The highest BCUT2D eigenvalue weighted by Gasteiger charge is 2.23.